The maximum atomic E-state index is 12.1. The van der Waals surface area contributed by atoms with Gasteiger partial charge in [0.2, 0.25) is 0 Å². The lowest BCUT2D eigenvalue weighted by Crippen LogP contribution is -2.49. The zero-order valence-corrected chi connectivity index (χ0v) is 9.02. The molecule has 2 atom stereocenters. The number of piperidine rings is 1. The molecule has 1 unspecified atom stereocenters. The molecule has 0 saturated carbocycles. The minimum Gasteiger partial charge on any atom is -0.394 e. The summed E-state index contributed by atoms with van der Waals surface area (Å²) in [5.41, 5.74) is 0. The van der Waals surface area contributed by atoms with E-state index in [0.29, 0.717) is 6.61 Å². The van der Waals surface area contributed by atoms with Crippen LogP contribution in [0.4, 0.5) is 0 Å². The molecule has 0 aliphatic carbocycles. The maximum absolute atomic E-state index is 12.1. The molecule has 1 amide bonds. The third-order valence-electron chi connectivity index (χ3n) is 3.33. The van der Waals surface area contributed by atoms with Crippen molar-refractivity contribution in [1.29, 1.82) is 0 Å². The highest BCUT2D eigenvalue weighted by Gasteiger charge is 2.33. The Morgan fingerprint density at radius 3 is 2.87 bits per heavy atom. The molecule has 0 aromatic carbocycles. The number of ether oxygens (including phenoxy) is 1. The number of carbonyl (C=O) groups excluding carboxylic acids is 1. The monoisotopic (exact) mass is 213 g/mol. The van der Waals surface area contributed by atoms with Crippen LogP contribution in [-0.2, 0) is 9.53 Å². The Hall–Kier alpha value is -0.610. The van der Waals surface area contributed by atoms with Gasteiger partial charge >= 0.3 is 0 Å². The fraction of sp³-hybridized carbons (Fsp3) is 0.909. The zero-order chi connectivity index (χ0) is 10.7. The molecule has 2 aliphatic heterocycles. The average molecular weight is 213 g/mol. The summed E-state index contributed by atoms with van der Waals surface area (Å²) in [6, 6.07) is 0.0236. The third-order valence-corrected chi connectivity index (χ3v) is 3.33. The van der Waals surface area contributed by atoms with Crippen LogP contribution < -0.4 is 0 Å². The molecule has 0 spiro atoms. The van der Waals surface area contributed by atoms with Gasteiger partial charge in [0.25, 0.3) is 5.91 Å². The van der Waals surface area contributed by atoms with Crippen LogP contribution >= 0.6 is 0 Å². The number of carbonyl (C=O) groups is 1. The molecule has 2 fully saturated rings. The van der Waals surface area contributed by atoms with Gasteiger partial charge in [0, 0.05) is 13.2 Å². The van der Waals surface area contributed by atoms with Gasteiger partial charge in [0.15, 0.2) is 0 Å². The average Bonchev–Trinajstić information content (AvgIpc) is 2.81. The van der Waals surface area contributed by atoms with Crippen LogP contribution in [0.2, 0.25) is 0 Å². The van der Waals surface area contributed by atoms with Crippen LogP contribution in [0.25, 0.3) is 0 Å². The van der Waals surface area contributed by atoms with Crippen molar-refractivity contribution in [1.82, 2.24) is 4.90 Å². The van der Waals surface area contributed by atoms with Crippen LogP contribution in [-0.4, -0.2) is 47.8 Å². The molecule has 4 heteroatoms. The van der Waals surface area contributed by atoms with Gasteiger partial charge in [-0.3, -0.25) is 4.79 Å². The molecule has 0 radical (unpaired) electrons. The first kappa shape index (κ1) is 10.9. The highest BCUT2D eigenvalue weighted by Crippen LogP contribution is 2.21. The predicted octanol–water partition coefficient (Wildman–Crippen LogP) is 0.539. The van der Waals surface area contributed by atoms with Crippen molar-refractivity contribution in [2.24, 2.45) is 0 Å². The molecule has 4 nitrogen and oxygen atoms in total. The summed E-state index contributed by atoms with van der Waals surface area (Å²) in [5, 5.41) is 9.22. The molecule has 1 N–H and O–H groups in total. The first-order valence-electron chi connectivity index (χ1n) is 5.86. The summed E-state index contributed by atoms with van der Waals surface area (Å²) in [6.45, 7) is 1.57. The number of rotatable bonds is 2. The molecule has 0 aromatic rings. The quantitative estimate of drug-likeness (QED) is 0.728. The number of hydrogen-bond donors (Lipinski definition) is 1. The lowest BCUT2D eigenvalue weighted by molar-refractivity contribution is -0.145. The zero-order valence-electron chi connectivity index (χ0n) is 9.02. The van der Waals surface area contributed by atoms with Gasteiger partial charge in [-0.15, -0.1) is 0 Å². The fourth-order valence-corrected chi connectivity index (χ4v) is 2.44. The van der Waals surface area contributed by atoms with Crippen molar-refractivity contribution >= 4 is 5.91 Å². The summed E-state index contributed by atoms with van der Waals surface area (Å²) in [7, 11) is 0. The Balaban J connectivity index is 1.96. The Labute approximate surface area is 90.2 Å². The second-order valence-corrected chi connectivity index (χ2v) is 4.37. The largest absolute Gasteiger partial charge is 0.394 e. The van der Waals surface area contributed by atoms with Crippen LogP contribution in [0.5, 0.6) is 0 Å². The summed E-state index contributed by atoms with van der Waals surface area (Å²) in [6.07, 6.45) is 4.67. The minimum absolute atomic E-state index is 0.0236. The number of nitrogens with zero attached hydrogens (tertiary/aromatic N) is 1. The first-order chi connectivity index (χ1) is 7.33. The second kappa shape index (κ2) is 4.94. The van der Waals surface area contributed by atoms with Gasteiger partial charge in [-0.2, -0.15) is 0 Å². The van der Waals surface area contributed by atoms with Crippen LogP contribution in [0.1, 0.15) is 32.1 Å². The van der Waals surface area contributed by atoms with E-state index < -0.39 is 0 Å². The van der Waals surface area contributed by atoms with Crippen molar-refractivity contribution in [2.45, 2.75) is 44.2 Å². The van der Waals surface area contributed by atoms with Gasteiger partial charge in [-0.1, -0.05) is 0 Å². The molecule has 0 aromatic heterocycles. The number of hydrogen-bond acceptors (Lipinski definition) is 3. The Morgan fingerprint density at radius 1 is 1.33 bits per heavy atom. The van der Waals surface area contributed by atoms with Gasteiger partial charge in [0.1, 0.15) is 6.10 Å². The topological polar surface area (TPSA) is 49.8 Å². The fourth-order valence-electron chi connectivity index (χ4n) is 2.44. The molecule has 86 valence electrons. The van der Waals surface area contributed by atoms with E-state index in [1.807, 2.05) is 4.90 Å². The third kappa shape index (κ3) is 2.32. The molecule has 2 rings (SSSR count). The minimum atomic E-state index is -0.239. The summed E-state index contributed by atoms with van der Waals surface area (Å²) in [5.74, 6) is 0.0891. The predicted molar refractivity (Wildman–Crippen MR) is 55.4 cm³/mol. The summed E-state index contributed by atoms with van der Waals surface area (Å²) >= 11 is 0. The van der Waals surface area contributed by atoms with E-state index in [1.165, 1.54) is 0 Å². The molecular weight excluding hydrogens is 194 g/mol. The van der Waals surface area contributed by atoms with E-state index >= 15 is 0 Å². The van der Waals surface area contributed by atoms with Gasteiger partial charge in [-0.25, -0.2) is 0 Å². The van der Waals surface area contributed by atoms with Crippen LogP contribution in [0.3, 0.4) is 0 Å². The SMILES string of the molecule is O=C([C@@H]1CCCO1)N1CCCCC1CO. The van der Waals surface area contributed by atoms with Crippen molar-refractivity contribution in [2.75, 3.05) is 19.8 Å². The number of amides is 1. The smallest absolute Gasteiger partial charge is 0.252 e. The lowest BCUT2D eigenvalue weighted by atomic mass is 10.0. The van der Waals surface area contributed by atoms with Crippen LogP contribution in [0, 0.1) is 0 Å². The van der Waals surface area contributed by atoms with Gasteiger partial charge in [-0.05, 0) is 32.1 Å². The molecule has 2 saturated heterocycles. The first-order valence-corrected chi connectivity index (χ1v) is 5.86. The molecule has 0 bridgehead atoms. The summed E-state index contributed by atoms with van der Waals surface area (Å²) in [4.78, 5) is 13.9. The van der Waals surface area contributed by atoms with E-state index in [1.54, 1.807) is 0 Å². The maximum Gasteiger partial charge on any atom is 0.252 e. The number of aliphatic hydroxyl groups is 1. The molecule has 2 aliphatic rings. The van der Waals surface area contributed by atoms with Crippen LogP contribution in [0.15, 0.2) is 0 Å². The lowest BCUT2D eigenvalue weighted by Gasteiger charge is -2.35. The molecule has 15 heavy (non-hydrogen) atoms. The number of aliphatic hydroxyl groups excluding tert-OH is 1. The van der Waals surface area contributed by atoms with E-state index in [2.05, 4.69) is 0 Å². The summed E-state index contributed by atoms with van der Waals surface area (Å²) < 4.78 is 5.39. The van der Waals surface area contributed by atoms with Crippen molar-refractivity contribution in [3.8, 4) is 0 Å². The standard InChI is InChI=1S/C11H19NO3/c13-8-9-4-1-2-6-12(9)11(14)10-5-3-7-15-10/h9-10,13H,1-8H2/t9?,10-/m0/s1. The van der Waals surface area contributed by atoms with E-state index in [-0.39, 0.29) is 24.7 Å². The van der Waals surface area contributed by atoms with Gasteiger partial charge in [0.05, 0.1) is 12.6 Å². The van der Waals surface area contributed by atoms with Gasteiger partial charge < -0.3 is 14.7 Å². The van der Waals surface area contributed by atoms with E-state index in [9.17, 15) is 9.90 Å². The van der Waals surface area contributed by atoms with Crippen molar-refractivity contribution < 1.29 is 14.6 Å². The molecular formula is C11H19NO3. The second-order valence-electron chi connectivity index (χ2n) is 4.37. The highest BCUT2D eigenvalue weighted by atomic mass is 16.5. The molecule has 2 heterocycles. The Kier molecular flexibility index (Phi) is 3.59. The Morgan fingerprint density at radius 2 is 2.20 bits per heavy atom. The number of likely N-dealkylation sites (tertiary alicyclic amines) is 1. The Bertz CT molecular complexity index is 226. The highest BCUT2D eigenvalue weighted by molar-refractivity contribution is 5.81. The normalized spacial score (nSPS) is 31.9. The van der Waals surface area contributed by atoms with Crippen molar-refractivity contribution in [3.63, 3.8) is 0 Å². The van der Waals surface area contributed by atoms with Crippen molar-refractivity contribution in [3.05, 3.63) is 0 Å². The van der Waals surface area contributed by atoms with E-state index in [0.717, 1.165) is 38.6 Å². The van der Waals surface area contributed by atoms with E-state index in [4.69, 9.17) is 4.74 Å².